The molecule has 0 bridgehead atoms. The van der Waals surface area contributed by atoms with Gasteiger partial charge in [-0.05, 0) is 37.6 Å². The molecule has 1 aliphatic rings. The predicted molar refractivity (Wildman–Crippen MR) is 77.0 cm³/mol. The highest BCUT2D eigenvalue weighted by Crippen LogP contribution is 2.35. The van der Waals surface area contributed by atoms with Gasteiger partial charge >= 0.3 is 5.97 Å². The molecule has 22 heavy (non-hydrogen) atoms. The van der Waals surface area contributed by atoms with E-state index in [1.807, 2.05) is 0 Å². The fourth-order valence-corrected chi connectivity index (χ4v) is 2.06. The molecule has 1 aromatic carbocycles. The first kappa shape index (κ1) is 14.1. The average molecular weight is 302 g/mol. The summed E-state index contributed by atoms with van der Waals surface area (Å²) in [6, 6.07) is 6.52. The Bertz CT molecular complexity index is 782. The van der Waals surface area contributed by atoms with Crippen LogP contribution in [-0.2, 0) is 4.74 Å². The first-order valence-electron chi connectivity index (χ1n) is 6.75. The number of hydrogen-bond acceptors (Lipinski definition) is 6. The van der Waals surface area contributed by atoms with Crippen LogP contribution in [0.4, 0.5) is 0 Å². The molecule has 1 aliphatic heterocycles. The van der Waals surface area contributed by atoms with E-state index in [0.717, 1.165) is 0 Å². The highest BCUT2D eigenvalue weighted by molar-refractivity contribution is 5.88. The number of fused-ring (bicyclic) bond motifs is 1. The van der Waals surface area contributed by atoms with Crippen LogP contribution in [0.1, 0.15) is 24.3 Å². The number of aromatic nitrogens is 2. The van der Waals surface area contributed by atoms with Gasteiger partial charge in [-0.15, -0.1) is 0 Å². The lowest BCUT2D eigenvalue weighted by Gasteiger charge is -2.08. The Kier molecular flexibility index (Phi) is 3.54. The number of hydrogen-bond donors (Lipinski definition) is 1. The fraction of sp³-hybridized carbons (Fsp3) is 0.267. The van der Waals surface area contributed by atoms with E-state index in [1.165, 1.54) is 6.07 Å². The zero-order chi connectivity index (χ0) is 15.7. The second kappa shape index (κ2) is 5.51. The monoisotopic (exact) mass is 302 g/mol. The zero-order valence-electron chi connectivity index (χ0n) is 12.1. The van der Waals surface area contributed by atoms with Crippen molar-refractivity contribution < 1.29 is 19.0 Å². The third-order valence-electron chi connectivity index (χ3n) is 3.04. The van der Waals surface area contributed by atoms with Gasteiger partial charge in [-0.25, -0.2) is 9.89 Å². The normalized spacial score (nSPS) is 12.5. The van der Waals surface area contributed by atoms with Gasteiger partial charge in [0.15, 0.2) is 17.2 Å². The molecule has 0 amide bonds. The van der Waals surface area contributed by atoms with Gasteiger partial charge in [0, 0.05) is 0 Å². The van der Waals surface area contributed by atoms with E-state index in [0.29, 0.717) is 22.6 Å². The van der Waals surface area contributed by atoms with Crippen molar-refractivity contribution in [2.24, 2.45) is 0 Å². The van der Waals surface area contributed by atoms with E-state index in [9.17, 15) is 9.59 Å². The van der Waals surface area contributed by atoms with Crippen LogP contribution >= 0.6 is 0 Å². The van der Waals surface area contributed by atoms with E-state index >= 15 is 0 Å². The summed E-state index contributed by atoms with van der Waals surface area (Å²) in [4.78, 5) is 23.9. The fourth-order valence-electron chi connectivity index (χ4n) is 2.06. The van der Waals surface area contributed by atoms with Crippen LogP contribution in [0, 0.1) is 0 Å². The molecule has 1 N–H and O–H groups in total. The summed E-state index contributed by atoms with van der Waals surface area (Å²) in [6.07, 6.45) is -0.268. The van der Waals surface area contributed by atoms with Gasteiger partial charge in [0.25, 0.3) is 5.56 Å². The maximum atomic E-state index is 12.0. The minimum atomic E-state index is -0.590. The average Bonchev–Trinajstić information content (AvgIpc) is 2.94. The highest BCUT2D eigenvalue weighted by Gasteiger charge is 2.18. The number of esters is 1. The maximum absolute atomic E-state index is 12.0. The summed E-state index contributed by atoms with van der Waals surface area (Å²) < 4.78 is 15.6. The molecule has 0 spiro atoms. The molecule has 7 heteroatoms. The second-order valence-corrected chi connectivity index (χ2v) is 5.02. The number of nitrogens with zero attached hydrogens (tertiary/aromatic N) is 1. The standard InChI is InChI=1S/C15H14N2O5/c1-8(2)22-15(19)11-6-10(14(18)17-16-11)9-3-4-12-13(5-9)21-7-20-12/h3-6,8H,7H2,1-2H3,(H,17,18). The number of carbonyl (C=O) groups excluding carboxylic acids is 1. The second-order valence-electron chi connectivity index (χ2n) is 5.02. The third-order valence-corrected chi connectivity index (χ3v) is 3.04. The molecule has 0 atom stereocenters. The molecule has 1 aromatic heterocycles. The Morgan fingerprint density at radius 2 is 2.05 bits per heavy atom. The highest BCUT2D eigenvalue weighted by atomic mass is 16.7. The van der Waals surface area contributed by atoms with Gasteiger partial charge < -0.3 is 14.2 Å². The quantitative estimate of drug-likeness (QED) is 0.868. The summed E-state index contributed by atoms with van der Waals surface area (Å²) in [6.45, 7) is 3.63. The minimum Gasteiger partial charge on any atom is -0.458 e. The lowest BCUT2D eigenvalue weighted by molar-refractivity contribution is 0.0369. The van der Waals surface area contributed by atoms with Crippen molar-refractivity contribution in [2.75, 3.05) is 6.79 Å². The number of ether oxygens (including phenoxy) is 3. The number of carbonyl (C=O) groups is 1. The molecular formula is C15H14N2O5. The van der Waals surface area contributed by atoms with Crippen LogP contribution in [0.2, 0.25) is 0 Å². The van der Waals surface area contributed by atoms with Crippen LogP contribution in [0.25, 0.3) is 11.1 Å². The summed E-state index contributed by atoms with van der Waals surface area (Å²) in [7, 11) is 0. The molecule has 0 saturated heterocycles. The van der Waals surface area contributed by atoms with E-state index in [2.05, 4.69) is 10.2 Å². The van der Waals surface area contributed by atoms with Gasteiger partial charge in [-0.2, -0.15) is 5.10 Å². The smallest absolute Gasteiger partial charge is 0.359 e. The molecule has 0 radical (unpaired) electrons. The van der Waals surface area contributed by atoms with Crippen molar-refractivity contribution in [2.45, 2.75) is 20.0 Å². The Labute approximate surface area is 125 Å². The van der Waals surface area contributed by atoms with Crippen LogP contribution in [0.3, 0.4) is 0 Å². The zero-order valence-corrected chi connectivity index (χ0v) is 12.1. The summed E-state index contributed by atoms with van der Waals surface area (Å²) in [5.74, 6) is 0.585. The van der Waals surface area contributed by atoms with Crippen molar-refractivity contribution in [3.63, 3.8) is 0 Å². The maximum Gasteiger partial charge on any atom is 0.359 e. The molecule has 0 saturated carbocycles. The van der Waals surface area contributed by atoms with E-state index < -0.39 is 11.5 Å². The number of aromatic amines is 1. The van der Waals surface area contributed by atoms with Crippen LogP contribution in [0.15, 0.2) is 29.1 Å². The first-order chi connectivity index (χ1) is 10.5. The van der Waals surface area contributed by atoms with Gasteiger partial charge in [-0.1, -0.05) is 6.07 Å². The molecule has 3 rings (SSSR count). The van der Waals surface area contributed by atoms with E-state index in [4.69, 9.17) is 14.2 Å². The number of rotatable bonds is 3. The number of benzene rings is 1. The van der Waals surface area contributed by atoms with Crippen molar-refractivity contribution in [3.8, 4) is 22.6 Å². The molecule has 0 aliphatic carbocycles. The number of H-pyrrole nitrogens is 1. The molecule has 114 valence electrons. The van der Waals surface area contributed by atoms with Gasteiger partial charge in [0.1, 0.15) is 0 Å². The van der Waals surface area contributed by atoms with Crippen LogP contribution in [-0.4, -0.2) is 29.1 Å². The summed E-state index contributed by atoms with van der Waals surface area (Å²) in [5.41, 5.74) is 0.552. The topological polar surface area (TPSA) is 90.5 Å². The molecule has 0 unspecified atom stereocenters. The van der Waals surface area contributed by atoms with Gasteiger partial charge in [-0.3, -0.25) is 4.79 Å². The van der Waals surface area contributed by atoms with Gasteiger partial charge in [0.2, 0.25) is 6.79 Å². The lowest BCUT2D eigenvalue weighted by Crippen LogP contribution is -2.18. The molecule has 0 fully saturated rings. The summed E-state index contributed by atoms with van der Waals surface area (Å²) >= 11 is 0. The lowest BCUT2D eigenvalue weighted by atomic mass is 10.1. The van der Waals surface area contributed by atoms with Crippen LogP contribution in [0.5, 0.6) is 11.5 Å². The molecular weight excluding hydrogens is 288 g/mol. The molecule has 2 aromatic rings. The third kappa shape index (κ3) is 2.65. The van der Waals surface area contributed by atoms with Crippen molar-refractivity contribution >= 4 is 5.97 Å². The van der Waals surface area contributed by atoms with E-state index in [-0.39, 0.29) is 18.6 Å². The van der Waals surface area contributed by atoms with Crippen molar-refractivity contribution in [1.29, 1.82) is 0 Å². The largest absolute Gasteiger partial charge is 0.458 e. The van der Waals surface area contributed by atoms with Crippen molar-refractivity contribution in [1.82, 2.24) is 10.2 Å². The SMILES string of the molecule is CC(C)OC(=O)c1cc(-c2ccc3c(c2)OCO3)c(=O)[nH]n1. The number of nitrogens with one attached hydrogen (secondary N) is 1. The Morgan fingerprint density at radius 1 is 1.27 bits per heavy atom. The Hall–Kier alpha value is -2.83. The predicted octanol–water partition coefficient (Wildman–Crippen LogP) is 1.73. The minimum absolute atomic E-state index is 0.0426. The Morgan fingerprint density at radius 3 is 2.82 bits per heavy atom. The van der Waals surface area contributed by atoms with Gasteiger partial charge in [0.05, 0.1) is 11.7 Å². The first-order valence-corrected chi connectivity index (χ1v) is 6.75. The molecule has 7 nitrogen and oxygen atoms in total. The van der Waals surface area contributed by atoms with Crippen LogP contribution < -0.4 is 15.0 Å². The van der Waals surface area contributed by atoms with Crippen molar-refractivity contribution in [3.05, 3.63) is 40.3 Å². The summed E-state index contributed by atoms with van der Waals surface area (Å²) in [5, 5.41) is 6.03. The Balaban J connectivity index is 2.00. The van der Waals surface area contributed by atoms with E-state index in [1.54, 1.807) is 32.0 Å². The molecule has 2 heterocycles.